The molecule has 164 valence electrons. The van der Waals surface area contributed by atoms with Gasteiger partial charge in [0.2, 0.25) is 5.91 Å². The highest BCUT2D eigenvalue weighted by Crippen LogP contribution is 2.24. The van der Waals surface area contributed by atoms with E-state index < -0.39 is 11.9 Å². The minimum Gasteiger partial charge on any atom is -0.483 e. The van der Waals surface area contributed by atoms with E-state index in [1.54, 1.807) is 4.90 Å². The molecule has 0 radical (unpaired) electrons. The van der Waals surface area contributed by atoms with Crippen LogP contribution in [-0.4, -0.2) is 55.5 Å². The number of nitrogens with one attached hydrogen (secondary N) is 1. The minimum atomic E-state index is -0.850. The molecule has 1 fully saturated rings. The number of piperazine rings is 1. The van der Waals surface area contributed by atoms with Crippen LogP contribution in [0.3, 0.4) is 0 Å². The largest absolute Gasteiger partial charge is 0.483 e. The molecule has 1 N–H and O–H groups in total. The second-order valence-electron chi connectivity index (χ2n) is 6.82. The molecule has 2 aromatic carbocycles. The number of ether oxygens (including phenoxy) is 1. The lowest BCUT2D eigenvalue weighted by atomic mass is 10.2. The van der Waals surface area contributed by atoms with Crippen molar-refractivity contribution in [2.75, 3.05) is 37.7 Å². The van der Waals surface area contributed by atoms with E-state index in [-0.39, 0.29) is 28.8 Å². The Morgan fingerprint density at radius 1 is 0.968 bits per heavy atom. The topological polar surface area (TPSA) is 88.2 Å². The molecule has 1 saturated heterocycles. The van der Waals surface area contributed by atoms with Gasteiger partial charge in [0.05, 0.1) is 0 Å². The first-order valence-corrected chi connectivity index (χ1v) is 10.3. The summed E-state index contributed by atoms with van der Waals surface area (Å²) in [7, 11) is 0. The molecule has 31 heavy (non-hydrogen) atoms. The molecule has 0 aromatic heterocycles. The van der Waals surface area contributed by atoms with Crippen molar-refractivity contribution in [1.29, 1.82) is 0 Å². The van der Waals surface area contributed by atoms with E-state index in [0.29, 0.717) is 31.2 Å². The highest BCUT2D eigenvalue weighted by Gasteiger charge is 2.23. The second-order valence-corrected chi connectivity index (χ2v) is 7.69. The zero-order valence-electron chi connectivity index (χ0n) is 16.8. The lowest BCUT2D eigenvalue weighted by Gasteiger charge is -2.36. The Labute approximate surface area is 189 Å². The van der Waals surface area contributed by atoms with Gasteiger partial charge in [-0.3, -0.25) is 9.59 Å². The number of carbonyl (C=O) groups excluding carboxylic acids is 3. The van der Waals surface area contributed by atoms with Gasteiger partial charge in [0, 0.05) is 48.8 Å². The van der Waals surface area contributed by atoms with E-state index in [0.717, 1.165) is 5.69 Å². The molecule has 0 saturated carbocycles. The first-order valence-electron chi connectivity index (χ1n) is 9.52. The average molecular weight is 466 g/mol. The van der Waals surface area contributed by atoms with E-state index in [1.807, 2.05) is 29.7 Å². The first-order chi connectivity index (χ1) is 14.8. The van der Waals surface area contributed by atoms with Gasteiger partial charge in [0.15, 0.2) is 6.61 Å². The third-order valence-electron chi connectivity index (χ3n) is 4.62. The summed E-state index contributed by atoms with van der Waals surface area (Å²) in [5.74, 6) is -1.46. The number of nitrogens with zero attached hydrogens (tertiary/aromatic N) is 2. The molecule has 1 aliphatic rings. The number of amides is 2. The van der Waals surface area contributed by atoms with Crippen molar-refractivity contribution < 1.29 is 24.0 Å². The molecular weight excluding hydrogens is 445 g/mol. The predicted molar refractivity (Wildman–Crippen MR) is 116 cm³/mol. The maximum atomic E-state index is 12.6. The molecule has 0 aliphatic carbocycles. The van der Waals surface area contributed by atoms with Crippen LogP contribution in [0.25, 0.3) is 0 Å². The normalized spacial score (nSPS) is 13.5. The van der Waals surface area contributed by atoms with Gasteiger partial charge in [-0.05, 0) is 42.5 Å². The van der Waals surface area contributed by atoms with Crippen molar-refractivity contribution in [2.24, 2.45) is 0 Å². The standard InChI is InChI=1S/C21H21Cl2N3O5/c1-14(27)24-31-21(29)18-12-16(23)4-7-19(18)30-13-20(28)26-10-8-25(9-11-26)17-5-2-15(22)3-6-17/h2-7,12H,8-11,13H2,1H3,(H,24,27). The van der Waals surface area contributed by atoms with Gasteiger partial charge >= 0.3 is 5.97 Å². The summed E-state index contributed by atoms with van der Waals surface area (Å²) in [4.78, 5) is 44.3. The van der Waals surface area contributed by atoms with Crippen LogP contribution in [-0.2, 0) is 14.4 Å². The van der Waals surface area contributed by atoms with E-state index in [9.17, 15) is 14.4 Å². The fraction of sp³-hybridized carbons (Fsp3) is 0.286. The van der Waals surface area contributed by atoms with E-state index >= 15 is 0 Å². The molecule has 2 aromatic rings. The molecule has 0 spiro atoms. The lowest BCUT2D eigenvalue weighted by molar-refractivity contribution is -0.133. The Morgan fingerprint density at radius 2 is 1.61 bits per heavy atom. The summed E-state index contributed by atoms with van der Waals surface area (Å²) in [6, 6.07) is 11.9. The molecule has 3 rings (SSSR count). The molecule has 10 heteroatoms. The number of carbonyl (C=O) groups is 3. The summed E-state index contributed by atoms with van der Waals surface area (Å²) in [6.07, 6.45) is 0. The van der Waals surface area contributed by atoms with Crippen molar-refractivity contribution in [3.8, 4) is 5.75 Å². The zero-order valence-corrected chi connectivity index (χ0v) is 18.3. The highest BCUT2D eigenvalue weighted by molar-refractivity contribution is 6.31. The Bertz CT molecular complexity index is 960. The van der Waals surface area contributed by atoms with E-state index in [4.69, 9.17) is 27.9 Å². The Balaban J connectivity index is 1.55. The quantitative estimate of drug-likeness (QED) is 0.682. The Kier molecular flexibility index (Phi) is 7.59. The maximum absolute atomic E-state index is 12.6. The van der Waals surface area contributed by atoms with Gasteiger partial charge in [0.25, 0.3) is 5.91 Å². The number of hydrogen-bond donors (Lipinski definition) is 1. The SMILES string of the molecule is CC(=O)NOC(=O)c1cc(Cl)ccc1OCC(=O)N1CCN(c2ccc(Cl)cc2)CC1. The lowest BCUT2D eigenvalue weighted by Crippen LogP contribution is -2.50. The van der Waals surface area contributed by atoms with E-state index in [2.05, 4.69) is 9.74 Å². The monoisotopic (exact) mass is 465 g/mol. The fourth-order valence-corrected chi connectivity index (χ4v) is 3.36. The molecule has 1 heterocycles. The number of benzene rings is 2. The van der Waals surface area contributed by atoms with Gasteiger partial charge in [0.1, 0.15) is 11.3 Å². The van der Waals surface area contributed by atoms with E-state index in [1.165, 1.54) is 25.1 Å². The molecular formula is C21H21Cl2N3O5. The van der Waals surface area contributed by atoms with Crippen molar-refractivity contribution in [3.63, 3.8) is 0 Å². The third kappa shape index (κ3) is 6.26. The second kappa shape index (κ2) is 10.4. The van der Waals surface area contributed by atoms with Gasteiger partial charge in [-0.1, -0.05) is 23.2 Å². The third-order valence-corrected chi connectivity index (χ3v) is 5.11. The number of halogens is 2. The summed E-state index contributed by atoms with van der Waals surface area (Å²) in [5, 5.41) is 0.962. The summed E-state index contributed by atoms with van der Waals surface area (Å²) in [6.45, 7) is 3.41. The van der Waals surface area contributed by atoms with Crippen LogP contribution in [0.2, 0.25) is 10.0 Å². The minimum absolute atomic E-state index is 0.00149. The van der Waals surface area contributed by atoms with Crippen molar-refractivity contribution in [2.45, 2.75) is 6.92 Å². The number of hydrogen-bond acceptors (Lipinski definition) is 6. The molecule has 8 nitrogen and oxygen atoms in total. The number of hydroxylamine groups is 1. The van der Waals surface area contributed by atoms with Crippen molar-refractivity contribution in [3.05, 3.63) is 58.1 Å². The summed E-state index contributed by atoms with van der Waals surface area (Å²) in [5.41, 5.74) is 3.01. The van der Waals surface area contributed by atoms with Crippen LogP contribution < -0.4 is 15.1 Å². The van der Waals surface area contributed by atoms with Crippen LogP contribution >= 0.6 is 23.2 Å². The Hall–Kier alpha value is -2.97. The highest BCUT2D eigenvalue weighted by atomic mass is 35.5. The van der Waals surface area contributed by atoms with Gasteiger partial charge in [-0.2, -0.15) is 5.48 Å². The fourth-order valence-electron chi connectivity index (χ4n) is 3.06. The summed E-state index contributed by atoms with van der Waals surface area (Å²) >= 11 is 11.9. The van der Waals surface area contributed by atoms with Gasteiger partial charge in [-0.25, -0.2) is 4.79 Å². The van der Waals surface area contributed by atoms with Crippen molar-refractivity contribution in [1.82, 2.24) is 10.4 Å². The molecule has 0 atom stereocenters. The van der Waals surface area contributed by atoms with Crippen LogP contribution in [0, 0.1) is 0 Å². The van der Waals surface area contributed by atoms with Gasteiger partial charge < -0.3 is 19.4 Å². The van der Waals surface area contributed by atoms with Gasteiger partial charge in [-0.15, -0.1) is 0 Å². The number of anilines is 1. The van der Waals surface area contributed by atoms with Crippen LogP contribution in [0.15, 0.2) is 42.5 Å². The first kappa shape index (κ1) is 22.7. The smallest absolute Gasteiger partial charge is 0.366 e. The number of rotatable bonds is 5. The maximum Gasteiger partial charge on any atom is 0.366 e. The van der Waals surface area contributed by atoms with Crippen LogP contribution in [0.1, 0.15) is 17.3 Å². The molecule has 1 aliphatic heterocycles. The zero-order chi connectivity index (χ0) is 22.4. The summed E-state index contributed by atoms with van der Waals surface area (Å²) < 4.78 is 5.57. The van der Waals surface area contributed by atoms with Crippen LogP contribution in [0.4, 0.5) is 5.69 Å². The molecule has 0 bridgehead atoms. The Morgan fingerprint density at radius 3 is 2.26 bits per heavy atom. The molecule has 0 unspecified atom stereocenters. The van der Waals surface area contributed by atoms with Crippen molar-refractivity contribution >= 4 is 46.7 Å². The average Bonchev–Trinajstić information content (AvgIpc) is 2.77. The van der Waals surface area contributed by atoms with Crippen LogP contribution in [0.5, 0.6) is 5.75 Å². The predicted octanol–water partition coefficient (Wildman–Crippen LogP) is 2.93. The molecule has 2 amide bonds.